The Morgan fingerprint density at radius 1 is 1.00 bits per heavy atom. The van der Waals surface area contributed by atoms with Gasteiger partial charge in [-0.2, -0.15) is 5.10 Å². The Morgan fingerprint density at radius 3 is 2.45 bits per heavy atom. The first kappa shape index (κ1) is 19.3. The second-order valence-electron chi connectivity index (χ2n) is 9.13. The van der Waals surface area contributed by atoms with Gasteiger partial charge in [-0.3, -0.25) is 14.5 Å². The number of ether oxygens (including phenoxy) is 1. The van der Waals surface area contributed by atoms with Crippen LogP contribution in [0.5, 0.6) is 0 Å². The molecule has 0 atom stereocenters. The van der Waals surface area contributed by atoms with Gasteiger partial charge in [-0.05, 0) is 24.3 Å². The number of hydrogen-bond acceptors (Lipinski definition) is 4. The van der Waals surface area contributed by atoms with Gasteiger partial charge in [0.25, 0.3) is 0 Å². The van der Waals surface area contributed by atoms with Gasteiger partial charge in [-0.1, -0.05) is 43.5 Å². The summed E-state index contributed by atoms with van der Waals surface area (Å²) in [6.45, 7) is 7.27. The van der Waals surface area contributed by atoms with E-state index in [2.05, 4.69) is 40.3 Å². The van der Waals surface area contributed by atoms with Crippen LogP contribution in [-0.2, 0) is 18.3 Å². The zero-order chi connectivity index (χ0) is 19.6. The molecule has 0 radical (unpaired) electrons. The molecule has 3 heterocycles. The molecule has 0 amide bonds. The van der Waals surface area contributed by atoms with Crippen LogP contribution in [0.25, 0.3) is 11.3 Å². The molecule has 0 unspecified atom stereocenters. The van der Waals surface area contributed by atoms with Crippen molar-refractivity contribution in [3.05, 3.63) is 41.6 Å². The topological polar surface area (TPSA) is 33.5 Å². The number of morpholine rings is 1. The van der Waals surface area contributed by atoms with Gasteiger partial charge in [0.1, 0.15) is 0 Å². The average Bonchev–Trinajstić information content (AvgIpc) is 3.12. The van der Waals surface area contributed by atoms with Gasteiger partial charge in [0.2, 0.25) is 0 Å². The van der Waals surface area contributed by atoms with Gasteiger partial charge >= 0.3 is 0 Å². The summed E-state index contributed by atoms with van der Waals surface area (Å²) in [5, 5.41) is 4.81. The maximum atomic E-state index is 5.49. The number of hydrogen-bond donors (Lipinski definition) is 0. The summed E-state index contributed by atoms with van der Waals surface area (Å²) in [5.74, 6) is 0.763. The van der Waals surface area contributed by atoms with Gasteiger partial charge in [0, 0.05) is 63.1 Å². The smallest absolute Gasteiger partial charge is 0.0968 e. The van der Waals surface area contributed by atoms with Crippen molar-refractivity contribution in [2.24, 2.45) is 7.05 Å². The summed E-state index contributed by atoms with van der Waals surface area (Å²) in [5.41, 5.74) is 5.27. The zero-order valence-electron chi connectivity index (χ0n) is 17.7. The quantitative estimate of drug-likeness (QED) is 0.775. The predicted octanol–water partition coefficient (Wildman–Crippen LogP) is 3.65. The highest BCUT2D eigenvalue weighted by Gasteiger charge is 2.33. The van der Waals surface area contributed by atoms with Crippen LogP contribution in [-0.4, -0.2) is 65.0 Å². The fourth-order valence-electron chi connectivity index (χ4n) is 5.33. The lowest BCUT2D eigenvalue weighted by atomic mass is 9.84. The number of benzene rings is 1. The van der Waals surface area contributed by atoms with Crippen molar-refractivity contribution in [3.8, 4) is 11.3 Å². The van der Waals surface area contributed by atoms with E-state index in [-0.39, 0.29) is 0 Å². The van der Waals surface area contributed by atoms with Crippen molar-refractivity contribution in [3.63, 3.8) is 0 Å². The predicted molar refractivity (Wildman–Crippen MR) is 116 cm³/mol. The van der Waals surface area contributed by atoms with Crippen molar-refractivity contribution in [2.75, 3.05) is 39.4 Å². The lowest BCUT2D eigenvalue weighted by Gasteiger charge is -2.46. The maximum Gasteiger partial charge on any atom is 0.0968 e. The lowest BCUT2D eigenvalue weighted by molar-refractivity contribution is -0.0343. The third kappa shape index (κ3) is 4.27. The number of nitrogens with zero attached hydrogens (tertiary/aromatic N) is 4. The molecule has 1 aromatic carbocycles. The normalized spacial score (nSPS) is 22.7. The molecule has 1 saturated carbocycles. The van der Waals surface area contributed by atoms with E-state index in [1.807, 2.05) is 11.7 Å². The molecular formula is C24H34N4O. The largest absolute Gasteiger partial charge is 0.379 e. The lowest BCUT2D eigenvalue weighted by Crippen LogP contribution is -2.60. The van der Waals surface area contributed by atoms with Crippen molar-refractivity contribution in [1.82, 2.24) is 19.6 Å². The summed E-state index contributed by atoms with van der Waals surface area (Å²) in [7, 11) is 2.04. The molecule has 0 bridgehead atoms. The SMILES string of the molecule is Cn1cc(CN2CC(N3CCOCC3)C2)c(-c2ccc(C3CCCCC3)cc2)n1. The highest BCUT2D eigenvalue weighted by Crippen LogP contribution is 2.34. The Kier molecular flexibility index (Phi) is 5.71. The van der Waals surface area contributed by atoms with Crippen molar-refractivity contribution in [2.45, 2.75) is 50.6 Å². The van der Waals surface area contributed by atoms with Crippen LogP contribution in [0, 0.1) is 0 Å². The first-order valence-electron chi connectivity index (χ1n) is 11.4. The van der Waals surface area contributed by atoms with Crippen LogP contribution in [0.2, 0.25) is 0 Å². The van der Waals surface area contributed by atoms with E-state index in [1.54, 1.807) is 0 Å². The van der Waals surface area contributed by atoms with Gasteiger partial charge in [-0.15, -0.1) is 0 Å². The Labute approximate surface area is 174 Å². The molecule has 1 aromatic heterocycles. The Bertz CT molecular complexity index is 797. The molecule has 156 valence electrons. The number of likely N-dealkylation sites (tertiary alicyclic amines) is 1. The molecule has 2 aromatic rings. The van der Waals surface area contributed by atoms with Crippen LogP contribution in [0.3, 0.4) is 0 Å². The van der Waals surface area contributed by atoms with Crippen LogP contribution in [0.15, 0.2) is 30.5 Å². The van der Waals surface area contributed by atoms with Crippen LogP contribution >= 0.6 is 0 Å². The van der Waals surface area contributed by atoms with E-state index in [1.165, 1.54) is 48.8 Å². The molecular weight excluding hydrogens is 360 g/mol. The van der Waals surface area contributed by atoms with E-state index in [9.17, 15) is 0 Å². The number of rotatable bonds is 5. The second-order valence-corrected chi connectivity index (χ2v) is 9.13. The minimum Gasteiger partial charge on any atom is -0.379 e. The molecule has 0 spiro atoms. The summed E-state index contributed by atoms with van der Waals surface area (Å²) >= 11 is 0. The molecule has 5 nitrogen and oxygen atoms in total. The fourth-order valence-corrected chi connectivity index (χ4v) is 5.33. The molecule has 0 N–H and O–H groups in total. The van der Waals surface area contributed by atoms with E-state index in [0.717, 1.165) is 57.5 Å². The first-order chi connectivity index (χ1) is 14.3. The zero-order valence-corrected chi connectivity index (χ0v) is 17.7. The molecule has 3 fully saturated rings. The second kappa shape index (κ2) is 8.58. The monoisotopic (exact) mass is 394 g/mol. The Hall–Kier alpha value is -1.69. The van der Waals surface area contributed by atoms with Gasteiger partial charge < -0.3 is 4.74 Å². The molecule has 2 aliphatic heterocycles. The highest BCUT2D eigenvalue weighted by molar-refractivity contribution is 5.63. The van der Waals surface area contributed by atoms with Crippen molar-refractivity contribution < 1.29 is 4.74 Å². The summed E-state index contributed by atoms with van der Waals surface area (Å²) < 4.78 is 7.46. The Balaban J connectivity index is 1.24. The Morgan fingerprint density at radius 2 is 1.72 bits per heavy atom. The third-order valence-corrected chi connectivity index (χ3v) is 7.06. The van der Waals surface area contributed by atoms with Gasteiger partial charge in [0.05, 0.1) is 18.9 Å². The molecule has 5 rings (SSSR count). The van der Waals surface area contributed by atoms with E-state index in [0.29, 0.717) is 6.04 Å². The minimum atomic E-state index is 0.703. The van der Waals surface area contributed by atoms with Gasteiger partial charge in [0.15, 0.2) is 0 Å². The molecule has 3 aliphatic rings. The minimum absolute atomic E-state index is 0.703. The van der Waals surface area contributed by atoms with Gasteiger partial charge in [-0.25, -0.2) is 0 Å². The fraction of sp³-hybridized carbons (Fsp3) is 0.625. The maximum absolute atomic E-state index is 5.49. The van der Waals surface area contributed by atoms with Crippen LogP contribution < -0.4 is 0 Å². The molecule has 2 saturated heterocycles. The first-order valence-corrected chi connectivity index (χ1v) is 11.4. The number of aryl methyl sites for hydroxylation is 1. The van der Waals surface area contributed by atoms with Crippen molar-refractivity contribution >= 4 is 0 Å². The van der Waals surface area contributed by atoms with E-state index in [4.69, 9.17) is 9.84 Å². The summed E-state index contributed by atoms with van der Waals surface area (Å²) in [6.07, 6.45) is 9.10. The van der Waals surface area contributed by atoms with Crippen LogP contribution in [0.4, 0.5) is 0 Å². The molecule has 29 heavy (non-hydrogen) atoms. The van der Waals surface area contributed by atoms with E-state index >= 15 is 0 Å². The highest BCUT2D eigenvalue weighted by atomic mass is 16.5. The van der Waals surface area contributed by atoms with Crippen LogP contribution in [0.1, 0.15) is 49.1 Å². The molecule has 5 heteroatoms. The average molecular weight is 395 g/mol. The van der Waals surface area contributed by atoms with Crippen molar-refractivity contribution in [1.29, 1.82) is 0 Å². The van der Waals surface area contributed by atoms with E-state index < -0.39 is 0 Å². The third-order valence-electron chi connectivity index (χ3n) is 7.06. The summed E-state index contributed by atoms with van der Waals surface area (Å²) in [6, 6.07) is 9.99. The molecule has 1 aliphatic carbocycles. The summed E-state index contributed by atoms with van der Waals surface area (Å²) in [4.78, 5) is 5.14. The number of aromatic nitrogens is 2. The standard InChI is InChI=1S/C24H34N4O/c1-26-15-22(16-27-17-23(18-27)28-11-13-29-14-12-28)24(25-26)21-9-7-20(8-10-21)19-5-3-2-4-6-19/h7-10,15,19,23H,2-6,11-14,16-18H2,1H3.